The molecule has 2 fully saturated rings. The molecule has 2 aliphatic rings. The fourth-order valence-electron chi connectivity index (χ4n) is 7.55. The molecule has 1 amide bonds. The van der Waals surface area contributed by atoms with Crippen LogP contribution in [0.3, 0.4) is 0 Å². The molecule has 6 nitrogen and oxygen atoms in total. The van der Waals surface area contributed by atoms with Crippen molar-refractivity contribution in [3.8, 4) is 0 Å². The lowest BCUT2D eigenvalue weighted by atomic mass is 9.98. The Bertz CT molecular complexity index is 2140. The fraction of sp³-hybridized carbons (Fsp3) is 0.326. The summed E-state index contributed by atoms with van der Waals surface area (Å²) in [5, 5.41) is 5.96. The van der Waals surface area contributed by atoms with Crippen molar-refractivity contribution in [2.75, 3.05) is 26.2 Å². The van der Waals surface area contributed by atoms with Crippen molar-refractivity contribution >= 4 is 27.9 Å². The Kier molecular flexibility index (Phi) is 9.96. The molecule has 1 N–H and O–H groups in total. The van der Waals surface area contributed by atoms with Crippen LogP contribution in [0.25, 0.3) is 21.8 Å². The van der Waals surface area contributed by atoms with E-state index in [4.69, 9.17) is 4.74 Å². The second kappa shape index (κ2) is 14.7. The molecule has 0 radical (unpaired) electrons. The lowest BCUT2D eigenvalue weighted by molar-refractivity contribution is 0.0292. The van der Waals surface area contributed by atoms with Gasteiger partial charge in [-0.25, -0.2) is 13.6 Å². The first kappa shape index (κ1) is 34.5. The second-order valence-corrected chi connectivity index (χ2v) is 14.8. The SMILES string of the molecule is CC(C)(C)OC(=O)N1CCC(c2cn(Cc3cccc(F)c3)c3ccccc23)C1.Fc1cccc(Cn2cc(C3CCNC3)c3ccccc32)c1. The van der Waals surface area contributed by atoms with Crippen LogP contribution in [0.4, 0.5) is 13.6 Å². The van der Waals surface area contributed by atoms with Crippen molar-refractivity contribution < 1.29 is 18.3 Å². The third-order valence-electron chi connectivity index (χ3n) is 9.90. The predicted molar refractivity (Wildman–Crippen MR) is 200 cm³/mol. The van der Waals surface area contributed by atoms with E-state index in [1.807, 2.05) is 45.0 Å². The number of aromatic nitrogens is 2. The second-order valence-electron chi connectivity index (χ2n) is 14.8. The highest BCUT2D eigenvalue weighted by molar-refractivity contribution is 5.85. The molecule has 4 heterocycles. The summed E-state index contributed by atoms with van der Waals surface area (Å²) in [6.07, 6.45) is 6.27. The number of fused-ring (bicyclic) bond motifs is 2. The summed E-state index contributed by atoms with van der Waals surface area (Å²) in [5.74, 6) is 0.456. The van der Waals surface area contributed by atoms with Crippen molar-refractivity contribution in [1.82, 2.24) is 19.4 Å². The first-order valence-corrected chi connectivity index (χ1v) is 17.9. The molecule has 51 heavy (non-hydrogen) atoms. The Hall–Kier alpha value is -4.95. The van der Waals surface area contributed by atoms with Gasteiger partial charge >= 0.3 is 6.09 Å². The van der Waals surface area contributed by atoms with Gasteiger partial charge in [0.25, 0.3) is 0 Å². The zero-order valence-electron chi connectivity index (χ0n) is 29.6. The van der Waals surface area contributed by atoms with Crippen LogP contribution >= 0.6 is 0 Å². The van der Waals surface area contributed by atoms with E-state index >= 15 is 0 Å². The van der Waals surface area contributed by atoms with Crippen molar-refractivity contribution in [3.63, 3.8) is 0 Å². The number of halogens is 2. The number of likely N-dealkylation sites (tertiary alicyclic amines) is 1. The summed E-state index contributed by atoms with van der Waals surface area (Å²) in [7, 11) is 0. The number of hydrogen-bond donors (Lipinski definition) is 1. The van der Waals surface area contributed by atoms with E-state index in [2.05, 4.69) is 63.2 Å². The average Bonchev–Trinajstić information content (AvgIpc) is 3.92. The number of nitrogens with zero attached hydrogens (tertiary/aromatic N) is 3. The van der Waals surface area contributed by atoms with Gasteiger partial charge in [0, 0.05) is 72.8 Å². The van der Waals surface area contributed by atoms with E-state index < -0.39 is 5.60 Å². The fourth-order valence-corrected chi connectivity index (χ4v) is 7.55. The van der Waals surface area contributed by atoms with Crippen LogP contribution < -0.4 is 5.32 Å². The quantitative estimate of drug-likeness (QED) is 0.190. The van der Waals surface area contributed by atoms with Gasteiger partial charge in [-0.1, -0.05) is 60.7 Å². The number of carbonyl (C=O) groups excluding carboxylic acids is 1. The van der Waals surface area contributed by atoms with Gasteiger partial charge in [-0.2, -0.15) is 0 Å². The summed E-state index contributed by atoms with van der Waals surface area (Å²) in [6, 6.07) is 30.4. The molecule has 2 unspecified atom stereocenters. The molecule has 0 bridgehead atoms. The largest absolute Gasteiger partial charge is 0.444 e. The third kappa shape index (κ3) is 8.02. The molecule has 2 aliphatic heterocycles. The highest BCUT2D eigenvalue weighted by atomic mass is 19.1. The number of hydrogen-bond acceptors (Lipinski definition) is 3. The zero-order chi connectivity index (χ0) is 35.5. The minimum Gasteiger partial charge on any atom is -0.444 e. The monoisotopic (exact) mass is 688 g/mol. The lowest BCUT2D eigenvalue weighted by Crippen LogP contribution is -2.35. The number of para-hydroxylation sites is 2. The van der Waals surface area contributed by atoms with Gasteiger partial charge in [0.1, 0.15) is 17.2 Å². The summed E-state index contributed by atoms with van der Waals surface area (Å²) in [6.45, 7) is 10.5. The Balaban J connectivity index is 0.000000165. The van der Waals surface area contributed by atoms with Crippen LogP contribution in [-0.2, 0) is 17.8 Å². The maximum atomic E-state index is 13.6. The minimum atomic E-state index is -0.490. The van der Waals surface area contributed by atoms with Gasteiger partial charge in [0.05, 0.1) is 0 Å². The van der Waals surface area contributed by atoms with Gasteiger partial charge < -0.3 is 24.1 Å². The van der Waals surface area contributed by atoms with E-state index in [1.165, 1.54) is 46.0 Å². The van der Waals surface area contributed by atoms with Gasteiger partial charge in [0.15, 0.2) is 0 Å². The Morgan fingerprint density at radius 1 is 0.745 bits per heavy atom. The van der Waals surface area contributed by atoms with Crippen LogP contribution in [0.1, 0.15) is 67.7 Å². The average molecular weight is 689 g/mol. The van der Waals surface area contributed by atoms with Crippen LogP contribution in [0.15, 0.2) is 109 Å². The number of amides is 1. The maximum absolute atomic E-state index is 13.6. The van der Waals surface area contributed by atoms with Crippen molar-refractivity contribution in [3.05, 3.63) is 143 Å². The van der Waals surface area contributed by atoms with Crippen molar-refractivity contribution in [2.45, 2.75) is 64.1 Å². The molecule has 4 aromatic carbocycles. The number of carbonyl (C=O) groups is 1. The molecule has 2 atom stereocenters. The highest BCUT2D eigenvalue weighted by Crippen LogP contribution is 2.35. The Labute approximate surface area is 298 Å². The normalized spacial score (nSPS) is 17.5. The summed E-state index contributed by atoms with van der Waals surface area (Å²) >= 11 is 0. The first-order chi connectivity index (χ1) is 24.6. The Morgan fingerprint density at radius 3 is 1.80 bits per heavy atom. The molecule has 2 aromatic heterocycles. The molecule has 6 aromatic rings. The standard InChI is InChI=1S/C24H27FN2O2.C19H19FN2/c1-24(2,3)29-23(28)26-12-11-18(15-26)21-16-27(22-10-5-4-9-20(21)22)14-17-7-6-8-19(25)13-17;20-16-5-3-4-14(10-16)12-22-13-18(15-8-9-21-11-15)17-6-1-2-7-19(17)22/h4-10,13,16,18H,11-12,14-15H2,1-3H3;1-7,10,13,15,21H,8-9,11-12H2. The van der Waals surface area contributed by atoms with Gasteiger partial charge in [-0.3, -0.25) is 0 Å². The van der Waals surface area contributed by atoms with E-state index in [1.54, 1.807) is 29.2 Å². The van der Waals surface area contributed by atoms with Crippen molar-refractivity contribution in [1.29, 1.82) is 0 Å². The van der Waals surface area contributed by atoms with Crippen LogP contribution in [0.2, 0.25) is 0 Å². The molecule has 8 heteroatoms. The zero-order valence-corrected chi connectivity index (χ0v) is 29.6. The van der Waals surface area contributed by atoms with Crippen LogP contribution in [-0.4, -0.2) is 51.9 Å². The number of nitrogens with one attached hydrogen (secondary N) is 1. The molecule has 0 spiro atoms. The molecule has 264 valence electrons. The molecule has 0 saturated carbocycles. The first-order valence-electron chi connectivity index (χ1n) is 17.9. The van der Waals surface area contributed by atoms with E-state index in [0.717, 1.165) is 36.2 Å². The number of ether oxygens (including phenoxy) is 1. The smallest absolute Gasteiger partial charge is 0.410 e. The van der Waals surface area contributed by atoms with Crippen LogP contribution in [0, 0.1) is 11.6 Å². The summed E-state index contributed by atoms with van der Waals surface area (Å²) in [5.41, 5.74) is 6.45. The molecular weight excluding hydrogens is 642 g/mol. The maximum Gasteiger partial charge on any atom is 0.410 e. The molecule has 8 rings (SSSR count). The van der Waals surface area contributed by atoms with Gasteiger partial charge in [-0.15, -0.1) is 0 Å². The molecule has 2 saturated heterocycles. The lowest BCUT2D eigenvalue weighted by Gasteiger charge is -2.24. The van der Waals surface area contributed by atoms with Crippen molar-refractivity contribution in [2.24, 2.45) is 0 Å². The molecular formula is C43H46F2N4O2. The molecule has 0 aliphatic carbocycles. The van der Waals surface area contributed by atoms with Crippen LogP contribution in [0.5, 0.6) is 0 Å². The van der Waals surface area contributed by atoms with E-state index in [0.29, 0.717) is 32.1 Å². The number of benzene rings is 4. The number of rotatable bonds is 6. The highest BCUT2D eigenvalue weighted by Gasteiger charge is 2.32. The third-order valence-corrected chi connectivity index (χ3v) is 9.90. The minimum absolute atomic E-state index is 0.172. The van der Waals surface area contributed by atoms with E-state index in [-0.39, 0.29) is 23.6 Å². The van der Waals surface area contributed by atoms with Gasteiger partial charge in [-0.05, 0) is 105 Å². The predicted octanol–water partition coefficient (Wildman–Crippen LogP) is 9.46. The summed E-state index contributed by atoms with van der Waals surface area (Å²) < 4.78 is 37.0. The summed E-state index contributed by atoms with van der Waals surface area (Å²) in [4.78, 5) is 14.2. The Morgan fingerprint density at radius 2 is 1.29 bits per heavy atom. The van der Waals surface area contributed by atoms with Gasteiger partial charge in [0.2, 0.25) is 0 Å². The topological polar surface area (TPSA) is 51.4 Å². The van der Waals surface area contributed by atoms with E-state index in [9.17, 15) is 13.6 Å².